The number of sulfonamides is 1. The zero-order chi connectivity index (χ0) is 24.8. The Labute approximate surface area is 203 Å². The first-order valence-electron chi connectivity index (χ1n) is 10.9. The highest BCUT2D eigenvalue weighted by Gasteiger charge is 2.21. The lowest BCUT2D eigenvalue weighted by Gasteiger charge is -2.14. The summed E-state index contributed by atoms with van der Waals surface area (Å²) < 4.78 is 47.3. The molecule has 11 heteroatoms. The smallest absolute Gasteiger partial charge is 0.265 e. The minimum absolute atomic E-state index is 0.0200. The van der Waals surface area contributed by atoms with Gasteiger partial charge in [0.25, 0.3) is 10.0 Å². The second kappa shape index (κ2) is 10.4. The molecular formula is C24H25N5O5S. The number of hydrogen-bond donors (Lipinski definition) is 1. The molecule has 0 aliphatic carbocycles. The third-order valence-electron chi connectivity index (χ3n) is 4.71. The molecule has 0 unspecified atom stereocenters. The molecule has 0 atom stereocenters. The number of aryl methyl sites for hydroxylation is 1. The van der Waals surface area contributed by atoms with Crippen LogP contribution in [0.15, 0.2) is 72.1 Å². The minimum atomic E-state index is -3.91. The number of benzene rings is 2. The third-order valence-corrected chi connectivity index (χ3v) is 6.14. The van der Waals surface area contributed by atoms with Crippen molar-refractivity contribution < 1.29 is 22.6 Å². The van der Waals surface area contributed by atoms with E-state index in [0.29, 0.717) is 47.9 Å². The molecule has 182 valence electrons. The SMILES string of the molecule is CCOc1ccc(S(=O)(=O)Nc2ccc(Oc3cc(-n4ccnc4)nc(C)n3)cc2)c(OCC)c1. The van der Waals surface area contributed by atoms with Crippen LogP contribution in [-0.4, -0.2) is 41.2 Å². The first-order chi connectivity index (χ1) is 16.9. The van der Waals surface area contributed by atoms with Crippen molar-refractivity contribution in [3.05, 3.63) is 73.1 Å². The lowest BCUT2D eigenvalue weighted by molar-refractivity contribution is 0.317. The second-order valence-corrected chi connectivity index (χ2v) is 8.94. The highest BCUT2D eigenvalue weighted by Crippen LogP contribution is 2.31. The zero-order valence-electron chi connectivity index (χ0n) is 19.5. The monoisotopic (exact) mass is 495 g/mol. The van der Waals surface area contributed by atoms with Gasteiger partial charge >= 0.3 is 0 Å². The van der Waals surface area contributed by atoms with Crippen LogP contribution in [0.25, 0.3) is 5.82 Å². The van der Waals surface area contributed by atoms with Crippen molar-refractivity contribution in [2.24, 2.45) is 0 Å². The maximum absolute atomic E-state index is 13.0. The molecule has 10 nitrogen and oxygen atoms in total. The summed E-state index contributed by atoms with van der Waals surface area (Å²) in [6.45, 7) is 6.18. The maximum Gasteiger partial charge on any atom is 0.265 e. The number of imidazole rings is 1. The van der Waals surface area contributed by atoms with Crippen LogP contribution in [0.4, 0.5) is 5.69 Å². The number of nitrogens with one attached hydrogen (secondary N) is 1. The lowest BCUT2D eigenvalue weighted by atomic mass is 10.3. The molecular weight excluding hydrogens is 470 g/mol. The average Bonchev–Trinajstić information content (AvgIpc) is 3.36. The van der Waals surface area contributed by atoms with Crippen molar-refractivity contribution in [1.82, 2.24) is 19.5 Å². The van der Waals surface area contributed by atoms with Gasteiger partial charge in [0.05, 0.1) is 13.2 Å². The van der Waals surface area contributed by atoms with Gasteiger partial charge in [-0.2, -0.15) is 4.98 Å². The maximum atomic E-state index is 13.0. The Morgan fingerprint density at radius 2 is 1.69 bits per heavy atom. The van der Waals surface area contributed by atoms with Crippen molar-refractivity contribution in [2.45, 2.75) is 25.7 Å². The molecule has 2 aromatic heterocycles. The Kier molecular flexibility index (Phi) is 7.16. The predicted molar refractivity (Wildman–Crippen MR) is 130 cm³/mol. The minimum Gasteiger partial charge on any atom is -0.494 e. The summed E-state index contributed by atoms with van der Waals surface area (Å²) in [5, 5.41) is 0. The first kappa shape index (κ1) is 24.0. The van der Waals surface area contributed by atoms with Gasteiger partial charge in [-0.1, -0.05) is 0 Å². The predicted octanol–water partition coefficient (Wildman–Crippen LogP) is 4.36. The van der Waals surface area contributed by atoms with Crippen LogP contribution >= 0.6 is 0 Å². The Morgan fingerprint density at radius 1 is 0.943 bits per heavy atom. The van der Waals surface area contributed by atoms with E-state index in [4.69, 9.17) is 14.2 Å². The molecule has 2 heterocycles. The van der Waals surface area contributed by atoms with Crippen molar-refractivity contribution in [3.8, 4) is 28.9 Å². The number of ether oxygens (including phenoxy) is 3. The Balaban J connectivity index is 1.51. The molecule has 0 saturated heterocycles. The molecule has 0 amide bonds. The summed E-state index contributed by atoms with van der Waals surface area (Å²) in [7, 11) is -3.91. The van der Waals surface area contributed by atoms with Crippen LogP contribution in [0, 0.1) is 6.92 Å². The number of aromatic nitrogens is 4. The van der Waals surface area contributed by atoms with E-state index < -0.39 is 10.0 Å². The molecule has 0 aliphatic rings. The number of hydrogen-bond acceptors (Lipinski definition) is 8. The summed E-state index contributed by atoms with van der Waals surface area (Å²) in [5.41, 5.74) is 0.367. The van der Waals surface area contributed by atoms with Crippen LogP contribution < -0.4 is 18.9 Å². The van der Waals surface area contributed by atoms with Crippen LogP contribution in [0.1, 0.15) is 19.7 Å². The second-order valence-electron chi connectivity index (χ2n) is 7.29. The van der Waals surface area contributed by atoms with Crippen LogP contribution in [0.3, 0.4) is 0 Å². The summed E-state index contributed by atoms with van der Waals surface area (Å²) in [4.78, 5) is 12.7. The van der Waals surface area contributed by atoms with Gasteiger partial charge in [-0.3, -0.25) is 9.29 Å². The van der Waals surface area contributed by atoms with E-state index in [0.717, 1.165) is 0 Å². The molecule has 0 spiro atoms. The van der Waals surface area contributed by atoms with Crippen LogP contribution in [0.5, 0.6) is 23.1 Å². The van der Waals surface area contributed by atoms with Crippen LogP contribution in [0.2, 0.25) is 0 Å². The normalized spacial score (nSPS) is 11.2. The Hall–Kier alpha value is -4.12. The first-order valence-corrected chi connectivity index (χ1v) is 12.4. The standard InChI is InChI=1S/C24H25N5O5S/c1-4-32-20-10-11-22(21(14-20)33-5-2)35(30,31)28-18-6-8-19(9-7-18)34-24-15-23(26-17(3)27-24)29-13-12-25-16-29/h6-16,28H,4-5H2,1-3H3. The average molecular weight is 496 g/mol. The van der Waals surface area contributed by atoms with E-state index in [1.165, 1.54) is 6.07 Å². The molecule has 0 radical (unpaired) electrons. The molecule has 4 rings (SSSR count). The van der Waals surface area contributed by atoms with Gasteiger partial charge in [-0.25, -0.2) is 18.4 Å². The highest BCUT2D eigenvalue weighted by atomic mass is 32.2. The van der Waals surface area contributed by atoms with Crippen molar-refractivity contribution in [1.29, 1.82) is 0 Å². The van der Waals surface area contributed by atoms with E-state index in [-0.39, 0.29) is 10.6 Å². The van der Waals surface area contributed by atoms with Crippen LogP contribution in [-0.2, 0) is 10.0 Å². The largest absolute Gasteiger partial charge is 0.494 e. The van der Waals surface area contributed by atoms with E-state index in [1.54, 1.807) is 79.6 Å². The lowest BCUT2D eigenvalue weighted by Crippen LogP contribution is -2.14. The van der Waals surface area contributed by atoms with Gasteiger partial charge < -0.3 is 14.2 Å². The van der Waals surface area contributed by atoms with Crippen molar-refractivity contribution >= 4 is 15.7 Å². The van der Waals surface area contributed by atoms with E-state index in [1.807, 2.05) is 6.92 Å². The fourth-order valence-corrected chi connectivity index (χ4v) is 4.45. The van der Waals surface area contributed by atoms with Gasteiger partial charge in [0, 0.05) is 30.2 Å². The van der Waals surface area contributed by atoms with Gasteiger partial charge in [-0.15, -0.1) is 0 Å². The molecule has 1 N–H and O–H groups in total. The molecule has 0 saturated carbocycles. The summed E-state index contributed by atoms with van der Waals surface area (Å²) >= 11 is 0. The van der Waals surface area contributed by atoms with Gasteiger partial charge in [-0.05, 0) is 57.2 Å². The Morgan fingerprint density at radius 3 is 2.37 bits per heavy atom. The number of nitrogens with zero attached hydrogens (tertiary/aromatic N) is 4. The third kappa shape index (κ3) is 5.87. The topological polar surface area (TPSA) is 117 Å². The highest BCUT2D eigenvalue weighted by molar-refractivity contribution is 7.92. The van der Waals surface area contributed by atoms with Gasteiger partial charge in [0.1, 0.15) is 40.1 Å². The summed E-state index contributed by atoms with van der Waals surface area (Å²) in [6, 6.07) is 12.8. The van der Waals surface area contributed by atoms with Gasteiger partial charge in [0.15, 0.2) is 0 Å². The zero-order valence-corrected chi connectivity index (χ0v) is 20.3. The quantitative estimate of drug-likeness (QED) is 0.345. The number of rotatable bonds is 10. The van der Waals surface area contributed by atoms with Crippen molar-refractivity contribution in [3.63, 3.8) is 0 Å². The molecule has 2 aromatic carbocycles. The number of anilines is 1. The van der Waals surface area contributed by atoms with E-state index >= 15 is 0 Å². The summed E-state index contributed by atoms with van der Waals surface area (Å²) in [5.74, 6) is 2.75. The fraction of sp³-hybridized carbons (Fsp3) is 0.208. The molecule has 0 bridgehead atoms. The molecule has 35 heavy (non-hydrogen) atoms. The molecule has 0 aliphatic heterocycles. The molecule has 4 aromatic rings. The fourth-order valence-electron chi connectivity index (χ4n) is 3.26. The molecule has 0 fully saturated rings. The van der Waals surface area contributed by atoms with E-state index in [9.17, 15) is 8.42 Å². The van der Waals surface area contributed by atoms with Crippen molar-refractivity contribution in [2.75, 3.05) is 17.9 Å². The Bertz CT molecular complexity index is 1390. The summed E-state index contributed by atoms with van der Waals surface area (Å²) in [6.07, 6.45) is 5.06. The van der Waals surface area contributed by atoms with E-state index in [2.05, 4.69) is 19.7 Å². The van der Waals surface area contributed by atoms with Gasteiger partial charge in [0.2, 0.25) is 5.88 Å².